The SMILES string of the molecule is CCOC(=O)c1c(I)ccnc1Cl.COc1ccnc(Cl)c1C(=O)NCc1ccc(F)c(F)c1.O=C(NCc1ccc(F)c(F)c1)c1c(I)ccnc1Cl. The second kappa shape index (κ2) is 21.9. The Labute approximate surface area is 348 Å². The number of esters is 1. The lowest BCUT2D eigenvalue weighted by Gasteiger charge is -2.10. The van der Waals surface area contributed by atoms with Gasteiger partial charge in [0.1, 0.15) is 32.3 Å². The molecule has 284 valence electrons. The van der Waals surface area contributed by atoms with Gasteiger partial charge in [-0.15, -0.1) is 0 Å². The first kappa shape index (κ1) is 44.5. The number of hydrogen-bond acceptors (Lipinski definition) is 8. The standard InChI is InChI=1S/C14H11ClF2N2O2.C13H8ClF2IN2O.C8H7ClINO2/c1-21-11-4-5-18-13(15)12(11)14(20)19-7-8-2-3-9(16)10(17)6-8;14-12-11(10(17)3-4-18-12)13(20)19-6-7-1-2-8(15)9(16)5-7;1-2-13-8(12)6-5(10)3-4-11-7(6)9/h2-6H,7H2,1H3,(H,19,20);1-5H,6H2,(H,19,20);3-4H,2H2,1H3. The predicted molar refractivity (Wildman–Crippen MR) is 211 cm³/mol. The van der Waals surface area contributed by atoms with Crippen LogP contribution in [0.5, 0.6) is 5.75 Å². The summed E-state index contributed by atoms with van der Waals surface area (Å²) in [5.74, 6) is -4.88. The van der Waals surface area contributed by atoms with Crippen LogP contribution in [-0.4, -0.2) is 46.5 Å². The van der Waals surface area contributed by atoms with Gasteiger partial charge in [0.15, 0.2) is 23.3 Å². The molecular weight excluding hydrogens is 1010 g/mol. The Hall–Kier alpha value is -3.85. The van der Waals surface area contributed by atoms with Crippen molar-refractivity contribution in [3.8, 4) is 5.75 Å². The van der Waals surface area contributed by atoms with Crippen molar-refractivity contribution < 1.29 is 41.4 Å². The van der Waals surface area contributed by atoms with Gasteiger partial charge in [0, 0.05) is 38.8 Å². The number of amides is 2. The monoisotopic (exact) mass is 1030 g/mol. The van der Waals surface area contributed by atoms with Crippen molar-refractivity contribution in [2.75, 3.05) is 13.7 Å². The van der Waals surface area contributed by atoms with Crippen LogP contribution in [0.3, 0.4) is 0 Å². The lowest BCUT2D eigenvalue weighted by atomic mass is 10.2. The molecule has 0 aliphatic rings. The third-order valence-electron chi connectivity index (χ3n) is 6.60. The van der Waals surface area contributed by atoms with Crippen molar-refractivity contribution in [3.63, 3.8) is 0 Å². The number of halogens is 9. The van der Waals surface area contributed by atoms with E-state index >= 15 is 0 Å². The number of carbonyl (C=O) groups excluding carboxylic acids is 3. The molecular formula is C35H26Cl3F4I2N5O5. The largest absolute Gasteiger partial charge is 0.496 e. The molecule has 2 N–H and O–H groups in total. The van der Waals surface area contributed by atoms with Gasteiger partial charge in [0.2, 0.25) is 0 Å². The molecule has 0 atom stereocenters. The number of methoxy groups -OCH3 is 1. The topological polar surface area (TPSA) is 132 Å². The maximum Gasteiger partial charge on any atom is 0.342 e. The summed E-state index contributed by atoms with van der Waals surface area (Å²) in [7, 11) is 1.40. The normalized spacial score (nSPS) is 10.2. The summed E-state index contributed by atoms with van der Waals surface area (Å²) in [4.78, 5) is 46.9. The van der Waals surface area contributed by atoms with Crippen LogP contribution < -0.4 is 15.4 Å². The Morgan fingerprint density at radius 3 is 1.50 bits per heavy atom. The van der Waals surface area contributed by atoms with Gasteiger partial charge in [-0.2, -0.15) is 0 Å². The second-order valence-electron chi connectivity index (χ2n) is 10.2. The zero-order valence-corrected chi connectivity index (χ0v) is 34.4. The fourth-order valence-corrected chi connectivity index (χ4v) is 6.38. The maximum absolute atomic E-state index is 13.1. The first-order chi connectivity index (χ1) is 25.7. The van der Waals surface area contributed by atoms with Crippen LogP contribution in [-0.2, 0) is 17.8 Å². The molecule has 0 fully saturated rings. The summed E-state index contributed by atoms with van der Waals surface area (Å²) in [5, 5.41) is 5.41. The third-order valence-corrected chi connectivity index (χ3v) is 9.26. The Bertz CT molecular complexity index is 2100. The van der Waals surface area contributed by atoms with Crippen molar-refractivity contribution in [3.05, 3.63) is 147 Å². The van der Waals surface area contributed by atoms with E-state index in [9.17, 15) is 31.9 Å². The molecule has 0 aliphatic heterocycles. The number of nitrogens with one attached hydrogen (secondary N) is 2. The first-order valence-electron chi connectivity index (χ1n) is 15.1. The summed E-state index contributed by atoms with van der Waals surface area (Å²) in [6.45, 7) is 2.16. The molecule has 3 aromatic heterocycles. The van der Waals surface area contributed by atoms with Crippen LogP contribution in [0.2, 0.25) is 15.5 Å². The van der Waals surface area contributed by atoms with E-state index in [2.05, 4.69) is 25.6 Å². The molecule has 19 heteroatoms. The number of ether oxygens (including phenoxy) is 2. The zero-order valence-electron chi connectivity index (χ0n) is 27.8. The van der Waals surface area contributed by atoms with Crippen LogP contribution in [0.25, 0.3) is 0 Å². The molecule has 0 saturated heterocycles. The molecule has 10 nitrogen and oxygen atoms in total. The predicted octanol–water partition coefficient (Wildman–Crippen LogP) is 9.02. The molecule has 54 heavy (non-hydrogen) atoms. The Morgan fingerprint density at radius 2 is 1.07 bits per heavy atom. The maximum atomic E-state index is 13.1. The molecule has 2 aromatic carbocycles. The molecule has 0 saturated carbocycles. The molecule has 5 aromatic rings. The van der Waals surface area contributed by atoms with Crippen LogP contribution in [0.1, 0.15) is 49.1 Å². The fraction of sp³-hybridized carbons (Fsp3) is 0.143. The van der Waals surface area contributed by atoms with Crippen LogP contribution in [0.15, 0.2) is 73.2 Å². The minimum atomic E-state index is -0.973. The van der Waals surface area contributed by atoms with Gasteiger partial charge in [-0.3, -0.25) is 9.59 Å². The quantitative estimate of drug-likeness (QED) is 0.0648. The van der Waals surface area contributed by atoms with Gasteiger partial charge in [-0.1, -0.05) is 46.9 Å². The smallest absolute Gasteiger partial charge is 0.342 e. The second-order valence-corrected chi connectivity index (χ2v) is 13.6. The van der Waals surface area contributed by atoms with Gasteiger partial charge in [0.05, 0.1) is 19.3 Å². The van der Waals surface area contributed by atoms with Crippen molar-refractivity contribution in [2.45, 2.75) is 20.0 Å². The molecule has 2 amide bonds. The average Bonchev–Trinajstić information content (AvgIpc) is 3.13. The lowest BCUT2D eigenvalue weighted by molar-refractivity contribution is 0.0524. The Kier molecular flexibility index (Phi) is 18.1. The van der Waals surface area contributed by atoms with E-state index in [4.69, 9.17) is 44.3 Å². The number of nitrogens with zero attached hydrogens (tertiary/aromatic N) is 3. The molecule has 5 rings (SSSR count). The number of carbonyl (C=O) groups is 3. The van der Waals surface area contributed by atoms with Crippen LogP contribution in [0.4, 0.5) is 17.6 Å². The van der Waals surface area contributed by atoms with Crippen LogP contribution in [0, 0.1) is 30.4 Å². The molecule has 0 bridgehead atoms. The van der Waals surface area contributed by atoms with E-state index in [0.29, 0.717) is 26.9 Å². The van der Waals surface area contributed by atoms with E-state index in [1.54, 1.807) is 25.3 Å². The number of benzene rings is 2. The van der Waals surface area contributed by atoms with Gasteiger partial charge >= 0.3 is 5.97 Å². The van der Waals surface area contributed by atoms with Crippen molar-refractivity contribution >= 4 is 97.8 Å². The fourth-order valence-electron chi connectivity index (χ4n) is 4.05. The summed E-state index contributed by atoms with van der Waals surface area (Å²) in [6, 6.07) is 11.7. The van der Waals surface area contributed by atoms with Crippen LogP contribution >= 0.6 is 80.0 Å². The summed E-state index contributed by atoms with van der Waals surface area (Å²) in [5.41, 5.74) is 1.56. The van der Waals surface area contributed by atoms with Crippen molar-refractivity contribution in [2.24, 2.45) is 0 Å². The molecule has 0 spiro atoms. The third kappa shape index (κ3) is 12.9. The van der Waals surface area contributed by atoms with E-state index in [1.165, 1.54) is 37.7 Å². The van der Waals surface area contributed by atoms with E-state index < -0.39 is 41.1 Å². The molecule has 0 unspecified atom stereocenters. The average molecular weight is 1030 g/mol. The number of pyridine rings is 3. The Morgan fingerprint density at radius 1 is 0.648 bits per heavy atom. The van der Waals surface area contributed by atoms with Gasteiger partial charge in [-0.25, -0.2) is 37.3 Å². The molecule has 3 heterocycles. The van der Waals surface area contributed by atoms with Gasteiger partial charge < -0.3 is 20.1 Å². The van der Waals surface area contributed by atoms with E-state index in [-0.39, 0.29) is 45.4 Å². The highest BCUT2D eigenvalue weighted by Crippen LogP contribution is 2.24. The minimum Gasteiger partial charge on any atom is -0.496 e. The molecule has 0 radical (unpaired) electrons. The van der Waals surface area contributed by atoms with E-state index in [1.807, 2.05) is 45.2 Å². The summed E-state index contributed by atoms with van der Waals surface area (Å²) < 4.78 is 63.0. The summed E-state index contributed by atoms with van der Waals surface area (Å²) >= 11 is 21.5. The van der Waals surface area contributed by atoms with Gasteiger partial charge in [0.25, 0.3) is 11.8 Å². The summed E-state index contributed by atoms with van der Waals surface area (Å²) in [6.07, 6.45) is 4.45. The highest BCUT2D eigenvalue weighted by molar-refractivity contribution is 14.1. The van der Waals surface area contributed by atoms with Gasteiger partial charge in [-0.05, 0) is 106 Å². The Balaban J connectivity index is 0.000000224. The first-order valence-corrected chi connectivity index (χ1v) is 18.4. The number of aromatic nitrogens is 3. The van der Waals surface area contributed by atoms with E-state index in [0.717, 1.165) is 27.8 Å². The number of hydrogen-bond donors (Lipinski definition) is 2. The zero-order chi connectivity index (χ0) is 39.9. The highest BCUT2D eigenvalue weighted by atomic mass is 127. The van der Waals surface area contributed by atoms with Crippen molar-refractivity contribution in [1.29, 1.82) is 0 Å². The lowest BCUT2D eigenvalue weighted by Crippen LogP contribution is -2.24. The van der Waals surface area contributed by atoms with Crippen molar-refractivity contribution in [1.82, 2.24) is 25.6 Å². The minimum absolute atomic E-state index is 0.00265. The number of rotatable bonds is 9. The molecule has 0 aliphatic carbocycles. The highest BCUT2D eigenvalue weighted by Gasteiger charge is 2.18.